The summed E-state index contributed by atoms with van der Waals surface area (Å²) in [4.78, 5) is 0. The van der Waals surface area contributed by atoms with Crippen molar-refractivity contribution in [2.75, 3.05) is 33.0 Å². The summed E-state index contributed by atoms with van der Waals surface area (Å²) in [7, 11) is 6.73. The summed E-state index contributed by atoms with van der Waals surface area (Å²) in [6.45, 7) is 4.74. The number of rotatable bonds is 5. The number of halogens is 2. The van der Waals surface area contributed by atoms with Gasteiger partial charge in [0.15, 0.2) is 0 Å². The lowest BCUT2D eigenvalue weighted by Crippen LogP contribution is -3.00. The molecule has 0 aliphatic rings. The largest absolute Gasteiger partial charge is 1.00 e. The number of hydrogen-bond donors (Lipinski definition) is 1. The van der Waals surface area contributed by atoms with Gasteiger partial charge in [0.25, 0.3) is 0 Å². The Bertz CT molecular complexity index is 111. The van der Waals surface area contributed by atoms with Crippen LogP contribution in [0.15, 0.2) is 0 Å². The summed E-state index contributed by atoms with van der Waals surface area (Å²) < 4.78 is 1.10. The number of quaternary nitrogens is 1. The first-order chi connectivity index (χ1) is 6.29. The third-order valence-electron chi connectivity index (χ3n) is 1.46. The van der Waals surface area contributed by atoms with Crippen molar-refractivity contribution in [1.29, 1.82) is 0 Å². The van der Waals surface area contributed by atoms with Crippen LogP contribution in [0.4, 0.5) is 0 Å². The quantitative estimate of drug-likeness (QED) is 0.409. The Morgan fingerprint density at radius 2 is 1.47 bits per heavy atom. The second-order valence-electron chi connectivity index (χ2n) is 4.86. The van der Waals surface area contributed by atoms with E-state index in [1.54, 1.807) is 13.8 Å². The maximum atomic E-state index is 8.06. The molecule has 2 nitrogen and oxygen atoms in total. The van der Waals surface area contributed by atoms with Gasteiger partial charge >= 0.3 is 0 Å². The monoisotopic (exact) mass is 347 g/mol. The fraction of sp³-hybridized carbons (Fsp3) is 1.00. The lowest BCUT2D eigenvalue weighted by Gasteiger charge is -2.23. The summed E-state index contributed by atoms with van der Waals surface area (Å²) >= 11 is 3.42. The molecule has 0 bridgehead atoms. The average molecular weight is 349 g/mol. The number of hydrogen-bond acceptors (Lipinski definition) is 1. The predicted octanol–water partition coefficient (Wildman–Crippen LogP) is -0.351. The molecule has 15 heavy (non-hydrogen) atoms. The standard InChI is InChI=1S/C8H19BrN.C3H8O.BrH/c1-10(2,3)8-6-4-5-7-9;1-3(2)4;/h4-8H2,1-3H3;3-4H,1-2H3;1H/q+1;;/p-1. The molecule has 0 amide bonds. The van der Waals surface area contributed by atoms with Crippen molar-refractivity contribution in [1.82, 2.24) is 0 Å². The summed E-state index contributed by atoms with van der Waals surface area (Å²) in [5.74, 6) is 0. The Kier molecular flexibility index (Phi) is 18.3. The van der Waals surface area contributed by atoms with E-state index in [1.165, 1.54) is 25.8 Å². The van der Waals surface area contributed by atoms with Gasteiger partial charge in [-0.15, -0.1) is 0 Å². The molecule has 0 aliphatic heterocycles. The maximum absolute atomic E-state index is 8.06. The molecular weight excluding hydrogens is 322 g/mol. The first-order valence-electron chi connectivity index (χ1n) is 5.34. The molecule has 4 heteroatoms. The van der Waals surface area contributed by atoms with Crippen LogP contribution in [0.25, 0.3) is 0 Å². The van der Waals surface area contributed by atoms with Crippen molar-refractivity contribution >= 4 is 15.9 Å². The van der Waals surface area contributed by atoms with Crippen LogP contribution >= 0.6 is 15.9 Å². The molecule has 0 aromatic heterocycles. The number of nitrogens with zero attached hydrogens (tertiary/aromatic N) is 1. The lowest BCUT2D eigenvalue weighted by molar-refractivity contribution is -0.870. The van der Waals surface area contributed by atoms with Crippen LogP contribution < -0.4 is 17.0 Å². The zero-order valence-corrected chi connectivity index (χ0v) is 13.9. The molecule has 0 fully saturated rings. The molecule has 0 rings (SSSR count). The van der Waals surface area contributed by atoms with Crippen molar-refractivity contribution < 1.29 is 26.6 Å². The molecule has 0 heterocycles. The molecule has 0 unspecified atom stereocenters. The molecule has 0 radical (unpaired) electrons. The van der Waals surface area contributed by atoms with E-state index in [4.69, 9.17) is 5.11 Å². The van der Waals surface area contributed by atoms with E-state index in [1.807, 2.05) is 0 Å². The molecule has 0 atom stereocenters. The molecule has 0 aromatic carbocycles. The van der Waals surface area contributed by atoms with Gasteiger partial charge in [-0.1, -0.05) is 15.9 Å². The van der Waals surface area contributed by atoms with E-state index >= 15 is 0 Å². The van der Waals surface area contributed by atoms with E-state index in [0.717, 1.165) is 9.81 Å². The fourth-order valence-electron chi connectivity index (χ4n) is 0.857. The van der Waals surface area contributed by atoms with Crippen molar-refractivity contribution in [2.24, 2.45) is 0 Å². The van der Waals surface area contributed by atoms with Gasteiger partial charge in [0.05, 0.1) is 27.7 Å². The van der Waals surface area contributed by atoms with Crippen molar-refractivity contribution in [3.63, 3.8) is 0 Å². The molecule has 96 valence electrons. The highest BCUT2D eigenvalue weighted by atomic mass is 79.9. The minimum absolute atomic E-state index is 0. The Labute approximate surface area is 115 Å². The number of aliphatic hydroxyl groups is 1. The minimum atomic E-state index is -0.167. The van der Waals surface area contributed by atoms with E-state index < -0.39 is 0 Å². The first-order valence-corrected chi connectivity index (χ1v) is 6.46. The van der Waals surface area contributed by atoms with Crippen LogP contribution in [-0.2, 0) is 0 Å². The third kappa shape index (κ3) is 39.8. The summed E-state index contributed by atoms with van der Waals surface area (Å²) in [5, 5.41) is 9.21. The van der Waals surface area contributed by atoms with Gasteiger partial charge in [-0.25, -0.2) is 0 Å². The van der Waals surface area contributed by atoms with Crippen LogP contribution in [0.2, 0.25) is 0 Å². The smallest absolute Gasteiger partial charge is 0.0780 e. The van der Waals surface area contributed by atoms with E-state index in [0.29, 0.717) is 0 Å². The summed E-state index contributed by atoms with van der Waals surface area (Å²) in [6, 6.07) is 0. The fourth-order valence-corrected chi connectivity index (χ4v) is 1.25. The SMILES string of the molecule is CC(C)O.C[N+](C)(C)CCCCCBr.[Br-]. The Balaban J connectivity index is -0.000000249. The normalized spacial score (nSPS) is 10.4. The highest BCUT2D eigenvalue weighted by Crippen LogP contribution is 2.01. The Hall–Kier alpha value is 0.880. The second kappa shape index (κ2) is 12.9. The zero-order chi connectivity index (χ0) is 11.6. The highest BCUT2D eigenvalue weighted by Gasteiger charge is 2.04. The van der Waals surface area contributed by atoms with Crippen molar-refractivity contribution in [2.45, 2.75) is 39.2 Å². The predicted molar refractivity (Wildman–Crippen MR) is 67.9 cm³/mol. The van der Waals surface area contributed by atoms with E-state index in [9.17, 15) is 0 Å². The number of alkyl halides is 1. The Morgan fingerprint density at radius 3 is 1.73 bits per heavy atom. The van der Waals surface area contributed by atoms with Gasteiger partial charge in [0.1, 0.15) is 0 Å². The zero-order valence-electron chi connectivity index (χ0n) is 10.8. The summed E-state index contributed by atoms with van der Waals surface area (Å²) in [6.07, 6.45) is 3.87. The number of unbranched alkanes of at least 4 members (excludes halogenated alkanes) is 2. The van der Waals surface area contributed by atoms with E-state index in [-0.39, 0.29) is 23.1 Å². The van der Waals surface area contributed by atoms with Gasteiger partial charge in [-0.2, -0.15) is 0 Å². The molecule has 0 saturated carbocycles. The van der Waals surface area contributed by atoms with Gasteiger partial charge in [-0.05, 0) is 33.1 Å². The Morgan fingerprint density at radius 1 is 1.07 bits per heavy atom. The molecule has 1 N–H and O–H groups in total. The average Bonchev–Trinajstić information content (AvgIpc) is 1.95. The molecule has 0 saturated heterocycles. The molecule has 0 aromatic rings. The minimum Gasteiger partial charge on any atom is -1.00 e. The van der Waals surface area contributed by atoms with Gasteiger partial charge in [-0.3, -0.25) is 0 Å². The topological polar surface area (TPSA) is 20.2 Å². The van der Waals surface area contributed by atoms with Gasteiger partial charge in [0.2, 0.25) is 0 Å². The molecule has 0 aliphatic carbocycles. The third-order valence-corrected chi connectivity index (χ3v) is 2.02. The van der Waals surface area contributed by atoms with Crippen molar-refractivity contribution in [3.8, 4) is 0 Å². The van der Waals surface area contributed by atoms with Crippen molar-refractivity contribution in [3.05, 3.63) is 0 Å². The number of aliphatic hydroxyl groups excluding tert-OH is 1. The highest BCUT2D eigenvalue weighted by molar-refractivity contribution is 9.09. The van der Waals surface area contributed by atoms with Gasteiger partial charge < -0.3 is 26.6 Å². The first kappa shape index (κ1) is 21.2. The second-order valence-corrected chi connectivity index (χ2v) is 5.65. The van der Waals surface area contributed by atoms with Crippen LogP contribution in [-0.4, -0.2) is 48.7 Å². The lowest BCUT2D eigenvalue weighted by atomic mass is 10.2. The molecular formula is C11H27Br2NO. The maximum Gasteiger partial charge on any atom is 0.0780 e. The van der Waals surface area contributed by atoms with Crippen LogP contribution in [0.1, 0.15) is 33.1 Å². The van der Waals surface area contributed by atoms with E-state index in [2.05, 4.69) is 37.1 Å². The molecule has 0 spiro atoms. The van der Waals surface area contributed by atoms with Crippen LogP contribution in [0, 0.1) is 0 Å². The van der Waals surface area contributed by atoms with Crippen LogP contribution in [0.3, 0.4) is 0 Å². The van der Waals surface area contributed by atoms with Gasteiger partial charge in [0, 0.05) is 11.4 Å². The summed E-state index contributed by atoms with van der Waals surface area (Å²) in [5.41, 5.74) is 0. The van der Waals surface area contributed by atoms with Crippen LogP contribution in [0.5, 0.6) is 0 Å².